The van der Waals surface area contributed by atoms with Gasteiger partial charge in [0, 0.05) is 18.1 Å². The maximum absolute atomic E-state index is 12.7. The van der Waals surface area contributed by atoms with Crippen molar-refractivity contribution in [1.29, 1.82) is 0 Å². The third-order valence-corrected chi connectivity index (χ3v) is 4.65. The maximum atomic E-state index is 12.7. The first-order valence-electron chi connectivity index (χ1n) is 7.96. The first-order valence-corrected chi connectivity index (χ1v) is 7.96. The van der Waals surface area contributed by atoms with Crippen molar-refractivity contribution in [3.8, 4) is 11.5 Å². The number of hydrogen-bond acceptors (Lipinski definition) is 4. The zero-order valence-electron chi connectivity index (χ0n) is 13.8. The average molecular weight is 320 g/mol. The molecule has 0 atom stereocenters. The summed E-state index contributed by atoms with van der Waals surface area (Å²) in [5, 5.41) is 9.23. The van der Waals surface area contributed by atoms with E-state index >= 15 is 0 Å². The van der Waals surface area contributed by atoms with E-state index in [9.17, 15) is 14.7 Å². The molecule has 1 saturated carbocycles. The number of carboxylic acid groups (broad SMARTS) is 1. The Morgan fingerprint density at radius 1 is 1.00 bits per heavy atom. The van der Waals surface area contributed by atoms with Crippen LogP contribution in [0.15, 0.2) is 18.2 Å². The number of Topliss-reactive ketones (excluding diaryl/α,β-unsaturated/α-hetero) is 1. The number of methoxy groups -OCH3 is 2. The van der Waals surface area contributed by atoms with Gasteiger partial charge in [0.25, 0.3) is 0 Å². The van der Waals surface area contributed by atoms with E-state index < -0.39 is 11.4 Å². The van der Waals surface area contributed by atoms with Crippen LogP contribution in [0, 0.1) is 5.41 Å². The van der Waals surface area contributed by atoms with Gasteiger partial charge >= 0.3 is 5.97 Å². The second-order valence-electron chi connectivity index (χ2n) is 6.33. The number of hydrogen-bond donors (Lipinski definition) is 1. The molecule has 0 bridgehead atoms. The van der Waals surface area contributed by atoms with E-state index in [1.54, 1.807) is 18.2 Å². The molecule has 5 nitrogen and oxygen atoms in total. The number of aliphatic carboxylic acids is 1. The Bertz CT molecular complexity index is 551. The normalized spacial score (nSPS) is 16.6. The lowest BCUT2D eigenvalue weighted by atomic mass is 9.68. The first kappa shape index (κ1) is 17.3. The molecule has 1 aliphatic carbocycles. The second kappa shape index (κ2) is 7.49. The number of benzene rings is 1. The van der Waals surface area contributed by atoms with Gasteiger partial charge in [0.1, 0.15) is 11.5 Å². The van der Waals surface area contributed by atoms with E-state index in [1.807, 2.05) is 0 Å². The molecule has 0 spiro atoms. The fourth-order valence-electron chi connectivity index (χ4n) is 3.45. The van der Waals surface area contributed by atoms with Crippen LogP contribution in [0.3, 0.4) is 0 Å². The van der Waals surface area contributed by atoms with Gasteiger partial charge in [0.05, 0.1) is 20.6 Å². The van der Waals surface area contributed by atoms with E-state index in [1.165, 1.54) is 14.2 Å². The molecule has 0 saturated heterocycles. The standard InChI is InChI=1S/C18H24O5/c1-22-14-8-13(9-15(10-14)23-2)16(19)11-18(12-17(20)21)6-4-3-5-7-18/h8-10H,3-7,11-12H2,1-2H3,(H,20,21). The second-order valence-corrected chi connectivity index (χ2v) is 6.33. The maximum Gasteiger partial charge on any atom is 0.303 e. The average Bonchev–Trinajstić information content (AvgIpc) is 2.54. The van der Waals surface area contributed by atoms with Crippen molar-refractivity contribution in [2.45, 2.75) is 44.9 Å². The molecule has 0 radical (unpaired) electrons. The topological polar surface area (TPSA) is 72.8 Å². The number of carboxylic acids is 1. The monoisotopic (exact) mass is 320 g/mol. The van der Waals surface area contributed by atoms with Gasteiger partial charge in [-0.25, -0.2) is 0 Å². The molecule has 1 aromatic carbocycles. The number of carbonyl (C=O) groups excluding carboxylic acids is 1. The van der Waals surface area contributed by atoms with Gasteiger partial charge in [-0.3, -0.25) is 9.59 Å². The summed E-state index contributed by atoms with van der Waals surface area (Å²) in [4.78, 5) is 24.0. The summed E-state index contributed by atoms with van der Waals surface area (Å²) in [5.41, 5.74) is 0.0915. The van der Waals surface area contributed by atoms with E-state index in [4.69, 9.17) is 9.47 Å². The van der Waals surface area contributed by atoms with Gasteiger partial charge in [-0.15, -0.1) is 0 Å². The lowest BCUT2D eigenvalue weighted by molar-refractivity contribution is -0.140. The fraction of sp³-hybridized carbons (Fsp3) is 0.556. The number of ketones is 1. The van der Waals surface area contributed by atoms with Crippen molar-refractivity contribution in [3.05, 3.63) is 23.8 Å². The van der Waals surface area contributed by atoms with Crippen molar-refractivity contribution in [2.75, 3.05) is 14.2 Å². The summed E-state index contributed by atoms with van der Waals surface area (Å²) in [5.74, 6) is 0.237. The fourth-order valence-corrected chi connectivity index (χ4v) is 3.45. The van der Waals surface area contributed by atoms with E-state index in [-0.39, 0.29) is 18.6 Å². The van der Waals surface area contributed by atoms with Crippen LogP contribution >= 0.6 is 0 Å². The van der Waals surface area contributed by atoms with Crippen LogP contribution in [0.4, 0.5) is 0 Å². The first-order chi connectivity index (χ1) is 11.0. The van der Waals surface area contributed by atoms with Crippen molar-refractivity contribution in [3.63, 3.8) is 0 Å². The molecule has 1 N–H and O–H groups in total. The minimum absolute atomic E-state index is 0.0506. The summed E-state index contributed by atoms with van der Waals surface area (Å²) in [6.45, 7) is 0. The molecule has 1 aromatic rings. The Labute approximate surface area is 136 Å². The van der Waals surface area contributed by atoms with Gasteiger partial charge in [0.15, 0.2) is 5.78 Å². The van der Waals surface area contributed by atoms with Crippen molar-refractivity contribution >= 4 is 11.8 Å². The quantitative estimate of drug-likeness (QED) is 0.775. The Morgan fingerprint density at radius 3 is 2.04 bits per heavy atom. The van der Waals surface area contributed by atoms with E-state index in [0.29, 0.717) is 17.1 Å². The Hall–Kier alpha value is -2.04. The lowest BCUT2D eigenvalue weighted by Crippen LogP contribution is -2.30. The molecular formula is C18H24O5. The predicted octanol–water partition coefficient (Wildman–Crippen LogP) is 3.70. The van der Waals surface area contributed by atoms with Crippen molar-refractivity contribution in [1.82, 2.24) is 0 Å². The van der Waals surface area contributed by atoms with Crippen LogP contribution in [0.2, 0.25) is 0 Å². The number of carbonyl (C=O) groups is 2. The molecular weight excluding hydrogens is 296 g/mol. The highest BCUT2D eigenvalue weighted by Gasteiger charge is 2.36. The van der Waals surface area contributed by atoms with E-state index in [2.05, 4.69) is 0 Å². The Balaban J connectivity index is 2.22. The Kier molecular flexibility index (Phi) is 5.64. The summed E-state index contributed by atoms with van der Waals surface area (Å²) in [7, 11) is 3.08. The molecule has 0 aliphatic heterocycles. The predicted molar refractivity (Wildman–Crippen MR) is 86.3 cm³/mol. The molecule has 2 rings (SSSR count). The van der Waals surface area contributed by atoms with Gasteiger partial charge in [-0.1, -0.05) is 19.3 Å². The number of ether oxygens (including phenoxy) is 2. The molecule has 5 heteroatoms. The minimum Gasteiger partial charge on any atom is -0.497 e. The number of rotatable bonds is 7. The molecule has 23 heavy (non-hydrogen) atoms. The zero-order chi connectivity index (χ0) is 16.9. The van der Waals surface area contributed by atoms with Crippen LogP contribution in [0.5, 0.6) is 11.5 Å². The lowest BCUT2D eigenvalue weighted by Gasteiger charge is -2.35. The molecule has 1 aliphatic rings. The van der Waals surface area contributed by atoms with Crippen molar-refractivity contribution in [2.24, 2.45) is 5.41 Å². The molecule has 126 valence electrons. The smallest absolute Gasteiger partial charge is 0.303 e. The molecule has 0 amide bonds. The summed E-state index contributed by atoms with van der Waals surface area (Å²) >= 11 is 0. The summed E-state index contributed by atoms with van der Waals surface area (Å²) in [6.07, 6.45) is 5.00. The Morgan fingerprint density at radius 2 is 1.57 bits per heavy atom. The highest BCUT2D eigenvalue weighted by atomic mass is 16.5. The third-order valence-electron chi connectivity index (χ3n) is 4.65. The van der Waals surface area contributed by atoms with E-state index in [0.717, 1.165) is 32.1 Å². The molecule has 0 heterocycles. The van der Waals surface area contributed by atoms with Gasteiger partial charge in [-0.2, -0.15) is 0 Å². The van der Waals surface area contributed by atoms with Crippen LogP contribution in [0.25, 0.3) is 0 Å². The molecule has 0 aromatic heterocycles. The van der Waals surface area contributed by atoms with Gasteiger partial charge in [-0.05, 0) is 30.4 Å². The molecule has 0 unspecified atom stereocenters. The SMILES string of the molecule is COc1cc(OC)cc(C(=O)CC2(CC(=O)O)CCCCC2)c1. The minimum atomic E-state index is -0.831. The van der Waals surface area contributed by atoms with Gasteiger partial charge in [0.2, 0.25) is 0 Å². The highest BCUT2D eigenvalue weighted by Crippen LogP contribution is 2.43. The van der Waals surface area contributed by atoms with Crippen LogP contribution < -0.4 is 9.47 Å². The van der Waals surface area contributed by atoms with Crippen LogP contribution in [0.1, 0.15) is 55.3 Å². The third kappa shape index (κ3) is 4.47. The largest absolute Gasteiger partial charge is 0.497 e. The molecule has 1 fully saturated rings. The van der Waals surface area contributed by atoms with Crippen LogP contribution in [-0.4, -0.2) is 31.1 Å². The van der Waals surface area contributed by atoms with Crippen molar-refractivity contribution < 1.29 is 24.2 Å². The summed E-state index contributed by atoms with van der Waals surface area (Å²) in [6, 6.07) is 5.08. The van der Waals surface area contributed by atoms with Crippen LogP contribution in [-0.2, 0) is 4.79 Å². The van der Waals surface area contributed by atoms with Gasteiger partial charge < -0.3 is 14.6 Å². The zero-order valence-corrected chi connectivity index (χ0v) is 13.8. The highest BCUT2D eigenvalue weighted by molar-refractivity contribution is 5.97. The summed E-state index contributed by atoms with van der Waals surface area (Å²) < 4.78 is 10.4.